The van der Waals surface area contributed by atoms with E-state index in [-0.39, 0.29) is 0 Å². The Bertz CT molecular complexity index is 292. The van der Waals surface area contributed by atoms with Gasteiger partial charge in [0.25, 0.3) is 0 Å². The lowest BCUT2D eigenvalue weighted by molar-refractivity contribution is 0.470. The number of aliphatic imine (C=N–C) groups is 1. The van der Waals surface area contributed by atoms with Crippen molar-refractivity contribution in [2.45, 2.75) is 19.1 Å². The lowest BCUT2D eigenvalue weighted by atomic mass is 10.1. The number of hydrogen-bond acceptors (Lipinski definition) is 6. The minimum atomic E-state index is -3.92. The molecule has 0 fully saturated rings. The maximum Gasteiger partial charge on any atom is 0.154 e. The van der Waals surface area contributed by atoms with E-state index in [0.717, 1.165) is 11.7 Å². The molecule has 1 rings (SSSR count). The van der Waals surface area contributed by atoms with Crippen LogP contribution < -0.4 is 5.73 Å². The standard InChI is InChI=1S/C6H12N2S.CH4O3S/c1-4-3-8-6(7)9-5(4)2;1-5(2,3)4/h4-5H,3H2,1-2H3,(H2,7,8);1H3,(H,2,3,4)/p-1. The molecule has 0 radical (unpaired) electrons. The zero-order valence-corrected chi connectivity index (χ0v) is 10.1. The van der Waals surface area contributed by atoms with Gasteiger partial charge in [-0.05, 0) is 5.92 Å². The smallest absolute Gasteiger partial charge is 0.154 e. The summed E-state index contributed by atoms with van der Waals surface area (Å²) in [6.07, 6.45) is 0.604. The molecule has 0 saturated heterocycles. The van der Waals surface area contributed by atoms with Crippen LogP contribution in [0.15, 0.2) is 4.99 Å². The number of nitrogens with zero attached hydrogens (tertiary/aromatic N) is 1. The quantitative estimate of drug-likeness (QED) is 0.611. The van der Waals surface area contributed by atoms with Gasteiger partial charge in [-0.2, -0.15) is 0 Å². The van der Waals surface area contributed by atoms with Gasteiger partial charge in [0.05, 0.1) is 10.1 Å². The Kier molecular flexibility index (Phi) is 5.46. The lowest BCUT2D eigenvalue weighted by Crippen LogP contribution is -2.25. The molecular weight excluding hydrogens is 224 g/mol. The molecule has 2 N–H and O–H groups in total. The molecule has 0 aromatic rings. The average molecular weight is 239 g/mol. The van der Waals surface area contributed by atoms with Crippen LogP contribution in [-0.4, -0.2) is 36.2 Å². The first kappa shape index (κ1) is 13.7. The van der Waals surface area contributed by atoms with Crippen molar-refractivity contribution in [3.63, 3.8) is 0 Å². The van der Waals surface area contributed by atoms with E-state index in [1.54, 1.807) is 11.8 Å². The molecule has 1 aliphatic rings. The molecule has 0 spiro atoms. The van der Waals surface area contributed by atoms with Gasteiger partial charge in [0.15, 0.2) is 5.17 Å². The number of amidine groups is 1. The van der Waals surface area contributed by atoms with E-state index in [1.807, 2.05) is 0 Å². The zero-order chi connectivity index (χ0) is 11.4. The molecule has 5 nitrogen and oxygen atoms in total. The Hall–Kier alpha value is -0.270. The van der Waals surface area contributed by atoms with Gasteiger partial charge in [0.1, 0.15) is 0 Å². The fraction of sp³-hybridized carbons (Fsp3) is 0.857. The lowest BCUT2D eigenvalue weighted by Gasteiger charge is -2.21. The Morgan fingerprint density at radius 1 is 1.57 bits per heavy atom. The van der Waals surface area contributed by atoms with E-state index < -0.39 is 10.1 Å². The number of thioether (sulfide) groups is 1. The summed E-state index contributed by atoms with van der Waals surface area (Å²) in [6.45, 7) is 5.30. The van der Waals surface area contributed by atoms with E-state index in [2.05, 4.69) is 18.8 Å². The van der Waals surface area contributed by atoms with E-state index in [0.29, 0.717) is 17.4 Å². The zero-order valence-electron chi connectivity index (χ0n) is 8.43. The maximum atomic E-state index is 9.08. The van der Waals surface area contributed by atoms with Crippen molar-refractivity contribution >= 4 is 27.0 Å². The van der Waals surface area contributed by atoms with E-state index in [1.165, 1.54) is 0 Å². The summed E-state index contributed by atoms with van der Waals surface area (Å²) in [7, 11) is -3.92. The Morgan fingerprint density at radius 2 is 2.00 bits per heavy atom. The van der Waals surface area contributed by atoms with Crippen molar-refractivity contribution in [1.29, 1.82) is 0 Å². The Labute approximate surface area is 88.9 Å². The molecule has 2 atom stereocenters. The number of nitrogens with two attached hydrogens (primary N) is 1. The Morgan fingerprint density at radius 3 is 2.29 bits per heavy atom. The van der Waals surface area contributed by atoms with Crippen LogP contribution in [-0.2, 0) is 10.1 Å². The van der Waals surface area contributed by atoms with Gasteiger partial charge in [-0.25, -0.2) is 8.42 Å². The summed E-state index contributed by atoms with van der Waals surface area (Å²) in [6, 6.07) is 0. The third-order valence-corrected chi connectivity index (χ3v) is 2.85. The van der Waals surface area contributed by atoms with Crippen molar-refractivity contribution in [3.8, 4) is 0 Å². The number of hydrogen-bond donors (Lipinski definition) is 1. The SMILES string of the molecule is CC1CN=C(N)SC1C.CS(=O)(=O)[O-]. The molecule has 1 heterocycles. The van der Waals surface area contributed by atoms with Crippen LogP contribution >= 0.6 is 11.8 Å². The van der Waals surface area contributed by atoms with Crippen LogP contribution in [0.2, 0.25) is 0 Å². The second-order valence-corrected chi connectivity index (χ2v) is 5.99. The highest BCUT2D eigenvalue weighted by molar-refractivity contribution is 8.14. The normalized spacial score (nSPS) is 27.3. The van der Waals surface area contributed by atoms with Gasteiger partial charge >= 0.3 is 0 Å². The molecule has 0 amide bonds. The summed E-state index contributed by atoms with van der Waals surface area (Å²) in [5.74, 6) is 0.683. The summed E-state index contributed by atoms with van der Waals surface area (Å²) < 4.78 is 27.2. The largest absolute Gasteiger partial charge is 0.748 e. The molecule has 0 aromatic heterocycles. The highest BCUT2D eigenvalue weighted by atomic mass is 32.2. The van der Waals surface area contributed by atoms with Crippen molar-refractivity contribution in [3.05, 3.63) is 0 Å². The summed E-state index contributed by atoms with van der Waals surface area (Å²) in [5, 5.41) is 1.39. The van der Waals surface area contributed by atoms with Crippen molar-refractivity contribution in [2.24, 2.45) is 16.6 Å². The average Bonchev–Trinajstić information content (AvgIpc) is 1.94. The second kappa shape index (κ2) is 5.57. The first-order valence-electron chi connectivity index (χ1n) is 4.07. The fourth-order valence-electron chi connectivity index (χ4n) is 0.726. The summed E-state index contributed by atoms with van der Waals surface area (Å²) in [5.41, 5.74) is 5.50. The summed E-state index contributed by atoms with van der Waals surface area (Å²) >= 11 is 1.68. The van der Waals surface area contributed by atoms with E-state index in [4.69, 9.17) is 18.7 Å². The highest BCUT2D eigenvalue weighted by Gasteiger charge is 2.17. The summed E-state index contributed by atoms with van der Waals surface area (Å²) in [4.78, 5) is 4.12. The molecule has 84 valence electrons. The van der Waals surface area contributed by atoms with Gasteiger partial charge in [-0.1, -0.05) is 25.6 Å². The van der Waals surface area contributed by atoms with Gasteiger partial charge in [0.2, 0.25) is 0 Å². The van der Waals surface area contributed by atoms with Gasteiger partial charge in [-0.3, -0.25) is 4.99 Å². The van der Waals surface area contributed by atoms with Crippen LogP contribution in [0.25, 0.3) is 0 Å². The molecule has 7 heteroatoms. The fourth-order valence-corrected chi connectivity index (χ4v) is 1.57. The van der Waals surface area contributed by atoms with E-state index in [9.17, 15) is 0 Å². The molecule has 0 bridgehead atoms. The minimum absolute atomic E-state index is 0.604. The minimum Gasteiger partial charge on any atom is -0.748 e. The van der Waals surface area contributed by atoms with Crippen LogP contribution in [0.1, 0.15) is 13.8 Å². The second-order valence-electron chi connectivity index (χ2n) is 3.18. The van der Waals surface area contributed by atoms with Crippen LogP contribution in [0.5, 0.6) is 0 Å². The number of rotatable bonds is 0. The third-order valence-electron chi connectivity index (χ3n) is 1.64. The highest BCUT2D eigenvalue weighted by Crippen LogP contribution is 2.23. The predicted molar refractivity (Wildman–Crippen MR) is 58.3 cm³/mol. The molecule has 0 aliphatic carbocycles. The van der Waals surface area contributed by atoms with Crippen molar-refractivity contribution in [1.82, 2.24) is 0 Å². The molecule has 2 unspecified atom stereocenters. The van der Waals surface area contributed by atoms with E-state index >= 15 is 0 Å². The van der Waals surface area contributed by atoms with Gasteiger partial charge in [0, 0.05) is 18.1 Å². The Balaban J connectivity index is 0.000000292. The first-order chi connectivity index (χ1) is 6.20. The predicted octanol–water partition coefficient (Wildman–Crippen LogP) is 0.234. The maximum absolute atomic E-state index is 9.08. The van der Waals surface area contributed by atoms with Crippen LogP contribution in [0.3, 0.4) is 0 Å². The third kappa shape index (κ3) is 8.33. The van der Waals surface area contributed by atoms with Crippen molar-refractivity contribution < 1.29 is 13.0 Å². The van der Waals surface area contributed by atoms with Crippen molar-refractivity contribution in [2.75, 3.05) is 12.8 Å². The molecule has 0 saturated carbocycles. The molecule has 0 aromatic carbocycles. The van der Waals surface area contributed by atoms with Crippen LogP contribution in [0.4, 0.5) is 0 Å². The first-order valence-corrected chi connectivity index (χ1v) is 6.77. The molecular formula is C7H15N2O3S2-. The monoisotopic (exact) mass is 239 g/mol. The van der Waals surface area contributed by atoms with Gasteiger partial charge in [-0.15, -0.1) is 0 Å². The molecule has 14 heavy (non-hydrogen) atoms. The van der Waals surface area contributed by atoms with Gasteiger partial charge < -0.3 is 10.3 Å². The van der Waals surface area contributed by atoms with Crippen LogP contribution in [0, 0.1) is 5.92 Å². The molecule has 1 aliphatic heterocycles. The topological polar surface area (TPSA) is 95.6 Å².